The number of likely N-dealkylation sites (N-methyl/N-ethyl adjacent to an activating group) is 1. The van der Waals surface area contributed by atoms with Crippen LogP contribution in [0.2, 0.25) is 18.1 Å². The van der Waals surface area contributed by atoms with Gasteiger partial charge < -0.3 is 14.8 Å². The van der Waals surface area contributed by atoms with Crippen molar-refractivity contribution in [2.24, 2.45) is 0 Å². The zero-order valence-corrected chi connectivity index (χ0v) is 18.0. The monoisotopic (exact) mass is 378 g/mol. The Morgan fingerprint density at radius 3 is 2.69 bits per heavy atom. The largest absolute Gasteiger partial charge is 0.478 e. The number of likely N-dealkylation sites (tertiary alicyclic amines) is 1. The molecule has 0 bridgehead atoms. The Labute approximate surface area is 158 Å². The van der Waals surface area contributed by atoms with Gasteiger partial charge in [0.25, 0.3) is 0 Å². The van der Waals surface area contributed by atoms with Gasteiger partial charge in [-0.3, -0.25) is 4.90 Å². The molecule has 0 aliphatic carbocycles. The van der Waals surface area contributed by atoms with E-state index in [1.54, 1.807) is 12.1 Å². The molecule has 0 spiro atoms. The summed E-state index contributed by atoms with van der Waals surface area (Å²) in [5.74, 6) is -0.884. The predicted molar refractivity (Wildman–Crippen MR) is 108 cm³/mol. The second-order valence-corrected chi connectivity index (χ2v) is 13.6. The fraction of sp³-hybridized carbons (Fsp3) is 0.650. The average molecular weight is 379 g/mol. The van der Waals surface area contributed by atoms with E-state index in [0.717, 1.165) is 31.6 Å². The van der Waals surface area contributed by atoms with Crippen molar-refractivity contribution in [1.82, 2.24) is 10.2 Å². The lowest BCUT2D eigenvalue weighted by molar-refractivity contribution is 0.0696. The number of hydrogen-bond acceptors (Lipinski definition) is 4. The van der Waals surface area contributed by atoms with Gasteiger partial charge in [0.1, 0.15) is 0 Å². The van der Waals surface area contributed by atoms with Gasteiger partial charge in [-0.2, -0.15) is 0 Å². The summed E-state index contributed by atoms with van der Waals surface area (Å²) in [5.41, 5.74) is 1.35. The minimum Gasteiger partial charge on any atom is -0.478 e. The van der Waals surface area contributed by atoms with Gasteiger partial charge >= 0.3 is 5.97 Å². The molecule has 2 N–H and O–H groups in total. The number of nitrogens with zero attached hydrogens (tertiary/aromatic N) is 1. The van der Waals surface area contributed by atoms with E-state index in [1.807, 2.05) is 19.2 Å². The van der Waals surface area contributed by atoms with Crippen LogP contribution in [-0.4, -0.2) is 57.1 Å². The maximum Gasteiger partial charge on any atom is 0.335 e. The van der Waals surface area contributed by atoms with Crippen molar-refractivity contribution in [2.75, 3.05) is 26.7 Å². The third-order valence-electron chi connectivity index (χ3n) is 5.82. The van der Waals surface area contributed by atoms with Gasteiger partial charge in [-0.25, -0.2) is 4.79 Å². The van der Waals surface area contributed by atoms with Crippen molar-refractivity contribution in [3.63, 3.8) is 0 Å². The lowest BCUT2D eigenvalue weighted by Gasteiger charge is -2.38. The highest BCUT2D eigenvalue weighted by atomic mass is 28.4. The molecule has 2 rings (SSSR count). The first-order chi connectivity index (χ1) is 12.0. The Balaban J connectivity index is 1.98. The molecule has 1 fully saturated rings. The zero-order valence-electron chi connectivity index (χ0n) is 17.0. The maximum atomic E-state index is 11.2. The van der Waals surface area contributed by atoms with E-state index in [-0.39, 0.29) is 11.1 Å². The number of nitrogens with one attached hydrogen (secondary N) is 1. The van der Waals surface area contributed by atoms with Crippen LogP contribution in [0.3, 0.4) is 0 Å². The summed E-state index contributed by atoms with van der Waals surface area (Å²) >= 11 is 0. The number of rotatable bonds is 7. The minimum absolute atomic E-state index is 0.112. The van der Waals surface area contributed by atoms with E-state index in [0.29, 0.717) is 11.7 Å². The molecule has 5 nitrogen and oxygen atoms in total. The number of carbonyl (C=O) groups is 1. The lowest BCUT2D eigenvalue weighted by atomic mass is 10.0. The molecule has 0 aromatic heterocycles. The van der Waals surface area contributed by atoms with Crippen LogP contribution < -0.4 is 5.32 Å². The topological polar surface area (TPSA) is 61.8 Å². The standard InChI is InChI=1S/C20H34N2O3Si/c1-20(2,3)26(5,6)25-17-10-11-22(13-17)14-18(21-4)15-8-7-9-16(12-15)19(23)24/h7-9,12,17-18,21H,10-11,13-14H2,1-6H3,(H,23,24)/t17-,18?/m0/s1. The van der Waals surface area contributed by atoms with Crippen LogP contribution in [0.15, 0.2) is 24.3 Å². The van der Waals surface area contributed by atoms with Gasteiger partial charge in [0, 0.05) is 25.7 Å². The highest BCUT2D eigenvalue weighted by Gasteiger charge is 2.40. The quantitative estimate of drug-likeness (QED) is 0.708. The third kappa shape index (κ3) is 5.16. The molecule has 6 heteroatoms. The van der Waals surface area contributed by atoms with Gasteiger partial charge in [0.05, 0.1) is 11.7 Å². The van der Waals surface area contributed by atoms with E-state index in [4.69, 9.17) is 4.43 Å². The number of benzene rings is 1. The van der Waals surface area contributed by atoms with Crippen LogP contribution in [-0.2, 0) is 4.43 Å². The van der Waals surface area contributed by atoms with E-state index in [2.05, 4.69) is 44.1 Å². The Kier molecular flexibility index (Phi) is 6.66. The molecule has 1 aromatic carbocycles. The summed E-state index contributed by atoms with van der Waals surface area (Å²) in [4.78, 5) is 13.6. The van der Waals surface area contributed by atoms with E-state index >= 15 is 0 Å². The van der Waals surface area contributed by atoms with Crippen LogP contribution in [0.1, 0.15) is 49.2 Å². The summed E-state index contributed by atoms with van der Waals surface area (Å²) in [5, 5.41) is 12.8. The Morgan fingerprint density at radius 2 is 2.12 bits per heavy atom. The first kappa shape index (κ1) is 21.1. The molecule has 0 radical (unpaired) electrons. The highest BCUT2D eigenvalue weighted by Crippen LogP contribution is 2.38. The average Bonchev–Trinajstić information content (AvgIpc) is 2.98. The Hall–Kier alpha value is -1.21. The molecule has 1 unspecified atom stereocenters. The van der Waals surface area contributed by atoms with Crippen LogP contribution >= 0.6 is 0 Å². The van der Waals surface area contributed by atoms with Crippen LogP contribution in [0.4, 0.5) is 0 Å². The molecule has 1 saturated heterocycles. The molecule has 1 aliphatic heterocycles. The Morgan fingerprint density at radius 1 is 1.42 bits per heavy atom. The summed E-state index contributed by atoms with van der Waals surface area (Å²) < 4.78 is 6.56. The summed E-state index contributed by atoms with van der Waals surface area (Å²) in [7, 11) is 0.189. The highest BCUT2D eigenvalue weighted by molar-refractivity contribution is 6.74. The summed E-state index contributed by atoms with van der Waals surface area (Å²) in [6, 6.07) is 7.32. The fourth-order valence-electron chi connectivity index (χ4n) is 3.16. The van der Waals surface area contributed by atoms with Gasteiger partial charge in [-0.05, 0) is 49.3 Å². The van der Waals surface area contributed by atoms with E-state index in [9.17, 15) is 9.90 Å². The minimum atomic E-state index is -1.74. The molecule has 1 aromatic rings. The molecule has 1 heterocycles. The normalized spacial score (nSPS) is 20.3. The number of carboxylic acid groups (broad SMARTS) is 1. The maximum absolute atomic E-state index is 11.2. The third-order valence-corrected chi connectivity index (χ3v) is 10.4. The number of hydrogen-bond donors (Lipinski definition) is 2. The van der Waals surface area contributed by atoms with Gasteiger partial charge in [-0.1, -0.05) is 32.9 Å². The van der Waals surface area contributed by atoms with Crippen LogP contribution in [0.5, 0.6) is 0 Å². The number of carboxylic acids is 1. The molecule has 0 amide bonds. The lowest BCUT2D eigenvalue weighted by Crippen LogP contribution is -2.44. The molecule has 1 aliphatic rings. The van der Waals surface area contributed by atoms with Crippen LogP contribution in [0.25, 0.3) is 0 Å². The van der Waals surface area contributed by atoms with Crippen molar-refractivity contribution in [1.29, 1.82) is 0 Å². The van der Waals surface area contributed by atoms with Crippen molar-refractivity contribution >= 4 is 14.3 Å². The smallest absolute Gasteiger partial charge is 0.335 e. The first-order valence-electron chi connectivity index (χ1n) is 9.44. The van der Waals surface area contributed by atoms with Crippen molar-refractivity contribution in [2.45, 2.75) is 57.5 Å². The summed E-state index contributed by atoms with van der Waals surface area (Å²) in [6.07, 6.45) is 1.37. The molecule has 2 atom stereocenters. The van der Waals surface area contributed by atoms with Gasteiger partial charge in [-0.15, -0.1) is 0 Å². The number of aromatic carboxylic acids is 1. The predicted octanol–water partition coefficient (Wildman–Crippen LogP) is 3.74. The van der Waals surface area contributed by atoms with Gasteiger partial charge in [0.2, 0.25) is 0 Å². The van der Waals surface area contributed by atoms with Crippen molar-refractivity contribution < 1.29 is 14.3 Å². The first-order valence-corrected chi connectivity index (χ1v) is 12.3. The van der Waals surface area contributed by atoms with Gasteiger partial charge in [0.15, 0.2) is 8.32 Å². The molecular weight excluding hydrogens is 344 g/mol. The van der Waals surface area contributed by atoms with Crippen LogP contribution in [0, 0.1) is 0 Å². The molecule has 146 valence electrons. The summed E-state index contributed by atoms with van der Waals surface area (Å²) in [6.45, 7) is 14.3. The Bertz CT molecular complexity index is 628. The second-order valence-electron chi connectivity index (χ2n) is 8.82. The van der Waals surface area contributed by atoms with E-state index < -0.39 is 14.3 Å². The second kappa shape index (κ2) is 8.21. The fourth-order valence-corrected chi connectivity index (χ4v) is 4.54. The SMILES string of the molecule is CNC(CN1CC[C@H](O[Si](C)(C)C(C)(C)C)C1)c1cccc(C(=O)O)c1. The van der Waals surface area contributed by atoms with E-state index in [1.165, 1.54) is 0 Å². The molecular formula is C20H34N2O3Si. The van der Waals surface area contributed by atoms with Crippen molar-refractivity contribution in [3.05, 3.63) is 35.4 Å². The molecule has 0 saturated carbocycles. The van der Waals surface area contributed by atoms with Crippen molar-refractivity contribution in [3.8, 4) is 0 Å². The molecule has 26 heavy (non-hydrogen) atoms. The zero-order chi connectivity index (χ0) is 19.5.